The molecule has 0 aliphatic heterocycles. The largest absolute Gasteiger partial charge is 0.331 e. The van der Waals surface area contributed by atoms with Crippen LogP contribution in [0.25, 0.3) is 0 Å². The van der Waals surface area contributed by atoms with Crippen LogP contribution < -0.4 is 16.2 Å². The Balaban J connectivity index is 1.87. The maximum atomic E-state index is 12.2. The van der Waals surface area contributed by atoms with Crippen LogP contribution in [-0.2, 0) is 6.42 Å². The van der Waals surface area contributed by atoms with E-state index >= 15 is 0 Å². The van der Waals surface area contributed by atoms with Crippen molar-refractivity contribution in [3.63, 3.8) is 0 Å². The van der Waals surface area contributed by atoms with Crippen molar-refractivity contribution < 1.29 is 4.79 Å². The average Bonchev–Trinajstić information content (AvgIpc) is 2.94. The van der Waals surface area contributed by atoms with Gasteiger partial charge in [-0.3, -0.25) is 15.6 Å². The van der Waals surface area contributed by atoms with E-state index in [0.717, 1.165) is 17.7 Å². The molecule has 0 saturated heterocycles. The Hall–Kier alpha value is -1.92. The van der Waals surface area contributed by atoms with Crippen LogP contribution in [0.2, 0.25) is 0 Å². The Labute approximate surface area is 152 Å². The van der Waals surface area contributed by atoms with Gasteiger partial charge in [-0.1, -0.05) is 32.9 Å². The smallest absolute Gasteiger partial charge is 0.279 e. The summed E-state index contributed by atoms with van der Waals surface area (Å²) in [6, 6.07) is 9.98. The Morgan fingerprint density at radius 3 is 2.42 bits per heavy atom. The van der Waals surface area contributed by atoms with E-state index in [0.29, 0.717) is 15.9 Å². The number of carbonyl (C=O) groups excluding carboxylic acids is 1. The normalized spacial score (nSPS) is 10.5. The predicted octanol–water partition coefficient (Wildman–Crippen LogP) is 4.37. The van der Waals surface area contributed by atoms with Gasteiger partial charge in [-0.2, -0.15) is 0 Å². The van der Waals surface area contributed by atoms with Gasteiger partial charge in [0.25, 0.3) is 5.91 Å². The van der Waals surface area contributed by atoms with E-state index in [9.17, 15) is 4.79 Å². The van der Waals surface area contributed by atoms with Crippen LogP contribution in [0.15, 0.2) is 30.3 Å². The fraction of sp³-hybridized carbons (Fsp3) is 0.333. The minimum absolute atomic E-state index is 0.179. The molecular formula is C18H23N3OS2. The molecule has 0 aliphatic carbocycles. The number of hydrogen-bond acceptors (Lipinski definition) is 3. The maximum absolute atomic E-state index is 12.2. The summed E-state index contributed by atoms with van der Waals surface area (Å²) >= 11 is 6.72. The molecule has 2 aromatic rings. The van der Waals surface area contributed by atoms with Crippen molar-refractivity contribution >= 4 is 40.3 Å². The van der Waals surface area contributed by atoms with Crippen molar-refractivity contribution in [3.8, 4) is 0 Å². The zero-order valence-corrected chi connectivity index (χ0v) is 16.0. The van der Waals surface area contributed by atoms with Gasteiger partial charge < -0.3 is 5.32 Å². The van der Waals surface area contributed by atoms with Crippen LogP contribution >= 0.6 is 23.6 Å². The molecule has 0 aliphatic rings. The minimum Gasteiger partial charge on any atom is -0.331 e. The monoisotopic (exact) mass is 361 g/mol. The predicted molar refractivity (Wildman–Crippen MR) is 106 cm³/mol. The van der Waals surface area contributed by atoms with E-state index in [2.05, 4.69) is 49.1 Å². The van der Waals surface area contributed by atoms with Crippen molar-refractivity contribution in [2.45, 2.75) is 40.0 Å². The lowest BCUT2D eigenvalue weighted by atomic mass is 10.0. The van der Waals surface area contributed by atoms with E-state index in [-0.39, 0.29) is 5.91 Å². The summed E-state index contributed by atoms with van der Waals surface area (Å²) in [6.45, 7) is 8.41. The summed E-state index contributed by atoms with van der Waals surface area (Å²) in [7, 11) is 0. The Kier molecular flexibility index (Phi) is 6.34. The molecule has 1 aromatic heterocycles. The first-order chi connectivity index (χ1) is 11.4. The van der Waals surface area contributed by atoms with Gasteiger partial charge in [0.15, 0.2) is 5.11 Å². The number of nitrogens with one attached hydrogen (secondary N) is 3. The SMILES string of the molecule is CCc1sc(C(=O)NNC(=S)Nc2ccc(C(C)C)cc2)cc1C. The molecule has 3 N–H and O–H groups in total. The van der Waals surface area contributed by atoms with Gasteiger partial charge in [-0.05, 0) is 60.8 Å². The van der Waals surface area contributed by atoms with E-state index in [4.69, 9.17) is 12.2 Å². The number of thiocarbonyl (C=S) groups is 1. The Morgan fingerprint density at radius 2 is 1.88 bits per heavy atom. The molecule has 2 rings (SSSR count). The molecular weight excluding hydrogens is 338 g/mol. The van der Waals surface area contributed by atoms with E-state index in [1.807, 2.05) is 25.1 Å². The summed E-state index contributed by atoms with van der Waals surface area (Å²) < 4.78 is 0. The molecule has 1 amide bonds. The molecule has 128 valence electrons. The highest BCUT2D eigenvalue weighted by Gasteiger charge is 2.11. The maximum Gasteiger partial charge on any atom is 0.279 e. The average molecular weight is 362 g/mol. The summed E-state index contributed by atoms with van der Waals surface area (Å²) in [6.07, 6.45) is 0.934. The zero-order valence-electron chi connectivity index (χ0n) is 14.4. The van der Waals surface area contributed by atoms with E-state index in [1.165, 1.54) is 21.8 Å². The molecule has 0 unspecified atom stereocenters. The highest BCUT2D eigenvalue weighted by atomic mass is 32.1. The fourth-order valence-electron chi connectivity index (χ4n) is 2.27. The number of carbonyl (C=O) groups is 1. The van der Waals surface area contributed by atoms with Crippen LogP contribution in [0.5, 0.6) is 0 Å². The van der Waals surface area contributed by atoms with Gasteiger partial charge in [0, 0.05) is 10.6 Å². The molecule has 1 heterocycles. The quantitative estimate of drug-likeness (QED) is 0.559. The molecule has 1 aromatic carbocycles. The van der Waals surface area contributed by atoms with Crippen LogP contribution in [-0.4, -0.2) is 11.0 Å². The third kappa shape index (κ3) is 4.79. The van der Waals surface area contributed by atoms with Gasteiger partial charge in [0.1, 0.15) is 0 Å². The highest BCUT2D eigenvalue weighted by Crippen LogP contribution is 2.22. The van der Waals surface area contributed by atoms with Crippen molar-refractivity contribution in [1.82, 2.24) is 10.9 Å². The number of rotatable bonds is 4. The van der Waals surface area contributed by atoms with Crippen molar-refractivity contribution in [1.29, 1.82) is 0 Å². The molecule has 0 spiro atoms. The minimum atomic E-state index is -0.179. The van der Waals surface area contributed by atoms with Gasteiger partial charge in [0.2, 0.25) is 0 Å². The number of aryl methyl sites for hydroxylation is 2. The van der Waals surface area contributed by atoms with Crippen molar-refractivity contribution in [2.24, 2.45) is 0 Å². The molecule has 4 nitrogen and oxygen atoms in total. The molecule has 0 fully saturated rings. The topological polar surface area (TPSA) is 53.2 Å². The number of thiophene rings is 1. The highest BCUT2D eigenvalue weighted by molar-refractivity contribution is 7.80. The molecule has 0 atom stereocenters. The molecule has 6 heteroatoms. The van der Waals surface area contributed by atoms with Crippen LogP contribution in [0.3, 0.4) is 0 Å². The third-order valence-electron chi connectivity index (χ3n) is 3.69. The van der Waals surface area contributed by atoms with Crippen LogP contribution in [0, 0.1) is 6.92 Å². The van der Waals surface area contributed by atoms with E-state index < -0.39 is 0 Å². The van der Waals surface area contributed by atoms with Crippen molar-refractivity contribution in [2.75, 3.05) is 5.32 Å². The molecule has 0 saturated carbocycles. The third-order valence-corrected chi connectivity index (χ3v) is 5.27. The summed E-state index contributed by atoms with van der Waals surface area (Å²) in [5.41, 5.74) is 8.68. The second-order valence-electron chi connectivity index (χ2n) is 5.88. The number of hydrogen-bond donors (Lipinski definition) is 3. The standard InChI is InChI=1S/C18H23N3OS2/c1-5-15-12(4)10-16(24-15)17(22)20-21-18(23)19-14-8-6-13(7-9-14)11(2)3/h6-11H,5H2,1-4H3,(H,20,22)(H2,19,21,23). The summed E-state index contributed by atoms with van der Waals surface area (Å²) in [5, 5.41) is 3.40. The first-order valence-electron chi connectivity index (χ1n) is 7.97. The van der Waals surface area contributed by atoms with Crippen LogP contribution in [0.1, 0.15) is 52.4 Å². The number of hydrazine groups is 1. The fourth-order valence-corrected chi connectivity index (χ4v) is 3.45. The molecule has 24 heavy (non-hydrogen) atoms. The summed E-state index contributed by atoms with van der Waals surface area (Å²) in [5.74, 6) is 0.313. The molecule has 0 radical (unpaired) electrons. The van der Waals surface area contributed by atoms with E-state index in [1.54, 1.807) is 0 Å². The van der Waals surface area contributed by atoms with Crippen LogP contribution in [0.4, 0.5) is 5.69 Å². The Morgan fingerprint density at radius 1 is 1.21 bits per heavy atom. The second kappa shape index (κ2) is 8.26. The van der Waals surface area contributed by atoms with Crippen molar-refractivity contribution in [3.05, 3.63) is 51.2 Å². The van der Waals surface area contributed by atoms with Gasteiger partial charge >= 0.3 is 0 Å². The number of anilines is 1. The summed E-state index contributed by atoms with van der Waals surface area (Å²) in [4.78, 5) is 14.1. The lowest BCUT2D eigenvalue weighted by Crippen LogP contribution is -2.43. The van der Waals surface area contributed by atoms with Gasteiger partial charge in [0.05, 0.1) is 4.88 Å². The zero-order chi connectivity index (χ0) is 17.7. The van der Waals surface area contributed by atoms with Gasteiger partial charge in [-0.15, -0.1) is 11.3 Å². The number of amides is 1. The second-order valence-corrected chi connectivity index (χ2v) is 7.43. The Bertz CT molecular complexity index is 720. The number of benzene rings is 1. The lowest BCUT2D eigenvalue weighted by Gasteiger charge is -2.12. The van der Waals surface area contributed by atoms with Gasteiger partial charge in [-0.25, -0.2) is 0 Å². The lowest BCUT2D eigenvalue weighted by molar-refractivity contribution is 0.0948. The first kappa shape index (κ1) is 18.4. The molecule has 0 bridgehead atoms. The first-order valence-corrected chi connectivity index (χ1v) is 9.19.